The molecule has 5 rings (SSSR count). The normalized spacial score (nSPS) is 16.4. The molecule has 0 spiro atoms. The Bertz CT molecular complexity index is 1260. The summed E-state index contributed by atoms with van der Waals surface area (Å²) in [6.45, 7) is 0.638. The molecule has 4 aromatic rings. The Morgan fingerprint density at radius 2 is 1.77 bits per heavy atom. The number of nitrogens with one attached hydrogen (secondary N) is 1. The van der Waals surface area contributed by atoms with Crippen molar-refractivity contribution in [3.63, 3.8) is 0 Å². The van der Waals surface area contributed by atoms with Gasteiger partial charge in [0.25, 0.3) is 5.91 Å². The topological polar surface area (TPSA) is 58.4 Å². The van der Waals surface area contributed by atoms with Crippen LogP contribution >= 0.6 is 23.6 Å². The van der Waals surface area contributed by atoms with E-state index in [0.717, 1.165) is 35.7 Å². The average molecular weight is 446 g/mol. The van der Waals surface area contributed by atoms with Gasteiger partial charge in [-0.15, -0.1) is 11.3 Å². The van der Waals surface area contributed by atoms with Crippen molar-refractivity contribution in [3.8, 4) is 10.4 Å². The van der Waals surface area contributed by atoms with Gasteiger partial charge in [0.2, 0.25) is 0 Å². The van der Waals surface area contributed by atoms with Crippen molar-refractivity contribution in [1.82, 2.24) is 5.32 Å². The summed E-state index contributed by atoms with van der Waals surface area (Å²) in [5.74, 6) is 0.0155. The van der Waals surface area contributed by atoms with Crippen molar-refractivity contribution in [2.24, 2.45) is 5.73 Å². The highest BCUT2D eigenvalue weighted by atomic mass is 32.1. The van der Waals surface area contributed by atoms with Gasteiger partial charge in [-0.05, 0) is 72.6 Å². The molecular formula is C25H23N3OS2. The van der Waals surface area contributed by atoms with Crippen LogP contribution in [0.4, 0.5) is 5.69 Å². The fourth-order valence-corrected chi connectivity index (χ4v) is 5.69. The molecule has 0 radical (unpaired) electrons. The number of nitrogens with zero attached hydrogens (tertiary/aromatic N) is 1. The summed E-state index contributed by atoms with van der Waals surface area (Å²) >= 11 is 7.35. The van der Waals surface area contributed by atoms with Crippen LogP contribution in [0.5, 0.6) is 0 Å². The zero-order valence-electron chi connectivity index (χ0n) is 17.0. The summed E-state index contributed by atoms with van der Waals surface area (Å²) in [6.07, 6.45) is 2.55. The van der Waals surface area contributed by atoms with Crippen molar-refractivity contribution in [2.45, 2.75) is 25.3 Å². The van der Waals surface area contributed by atoms with E-state index in [1.54, 1.807) is 16.2 Å². The number of nitrogens with two attached hydrogens (primary N) is 1. The van der Waals surface area contributed by atoms with Gasteiger partial charge in [0.15, 0.2) is 5.11 Å². The third-order valence-corrected chi connectivity index (χ3v) is 7.25. The summed E-state index contributed by atoms with van der Waals surface area (Å²) in [4.78, 5) is 16.1. The Kier molecular flexibility index (Phi) is 5.44. The Balaban J connectivity index is 1.56. The second kappa shape index (κ2) is 8.38. The van der Waals surface area contributed by atoms with Gasteiger partial charge in [-0.2, -0.15) is 0 Å². The van der Waals surface area contributed by atoms with Gasteiger partial charge in [0.05, 0.1) is 5.69 Å². The monoisotopic (exact) mass is 445 g/mol. The minimum atomic E-state index is -0.278. The van der Waals surface area contributed by atoms with Crippen LogP contribution in [0.3, 0.4) is 0 Å². The quantitative estimate of drug-likeness (QED) is 0.306. The summed E-state index contributed by atoms with van der Waals surface area (Å²) in [5.41, 5.74) is 7.61. The number of benzene rings is 3. The molecule has 3 N–H and O–H groups in total. The van der Waals surface area contributed by atoms with Gasteiger partial charge >= 0.3 is 0 Å². The number of hydrogen-bond donors (Lipinski definition) is 2. The van der Waals surface area contributed by atoms with Gasteiger partial charge in [0.1, 0.15) is 6.04 Å². The second-order valence-electron chi connectivity index (χ2n) is 7.79. The molecule has 0 bridgehead atoms. The molecule has 1 aromatic heterocycles. The minimum Gasteiger partial charge on any atom is -0.350 e. The lowest BCUT2D eigenvalue weighted by molar-refractivity contribution is -0.118. The second-order valence-corrected chi connectivity index (χ2v) is 9.26. The van der Waals surface area contributed by atoms with E-state index < -0.39 is 0 Å². The number of thiophene rings is 1. The first-order valence-corrected chi connectivity index (χ1v) is 11.7. The Hall–Kier alpha value is -2.80. The number of hydrogen-bond acceptors (Lipinski definition) is 4. The van der Waals surface area contributed by atoms with Gasteiger partial charge < -0.3 is 11.1 Å². The Morgan fingerprint density at radius 1 is 1.00 bits per heavy atom. The number of fused-ring (bicyclic) bond motifs is 2. The van der Waals surface area contributed by atoms with Gasteiger partial charge in [-0.3, -0.25) is 9.69 Å². The molecule has 3 aromatic carbocycles. The van der Waals surface area contributed by atoms with E-state index >= 15 is 0 Å². The molecule has 0 unspecified atom stereocenters. The lowest BCUT2D eigenvalue weighted by atomic mass is 10.0. The van der Waals surface area contributed by atoms with Crippen LogP contribution in [0.15, 0.2) is 66.7 Å². The standard InChI is InChI=1S/C25H23N3OS2/c26-14-6-5-10-20-24(29)28(25(30)27-20)21-13-12-19(17-8-2-3-9-18(17)21)23-15-16-7-1-4-11-22(16)31-23/h1-4,7-9,11-13,15,20H,5-6,10,14,26H2,(H,27,30)/t20-/m0/s1. The van der Waals surface area contributed by atoms with Gasteiger partial charge in [-0.1, -0.05) is 48.5 Å². The van der Waals surface area contributed by atoms with Crippen molar-refractivity contribution in [3.05, 3.63) is 66.7 Å². The largest absolute Gasteiger partial charge is 0.350 e. The molecule has 4 nitrogen and oxygen atoms in total. The van der Waals surface area contributed by atoms with Crippen LogP contribution in [0.25, 0.3) is 31.3 Å². The number of unbranched alkanes of at least 4 members (excludes halogenated alkanes) is 1. The van der Waals surface area contributed by atoms with E-state index in [9.17, 15) is 4.79 Å². The van der Waals surface area contributed by atoms with Crippen molar-refractivity contribution in [1.29, 1.82) is 0 Å². The molecule has 6 heteroatoms. The number of carbonyl (C=O) groups excluding carboxylic acids is 1. The van der Waals surface area contributed by atoms with Crippen LogP contribution < -0.4 is 16.0 Å². The molecule has 156 valence electrons. The lowest BCUT2D eigenvalue weighted by Gasteiger charge is -2.19. The maximum absolute atomic E-state index is 13.2. The van der Waals surface area contributed by atoms with Crippen LogP contribution in [-0.2, 0) is 4.79 Å². The first kappa shape index (κ1) is 20.1. The maximum Gasteiger partial charge on any atom is 0.255 e. The fourth-order valence-electron chi connectivity index (χ4n) is 4.26. The first-order valence-electron chi connectivity index (χ1n) is 10.5. The molecule has 1 amide bonds. The zero-order valence-corrected chi connectivity index (χ0v) is 18.6. The predicted molar refractivity (Wildman–Crippen MR) is 135 cm³/mol. The molecule has 0 saturated carbocycles. The number of anilines is 1. The molecule has 1 fully saturated rings. The zero-order chi connectivity index (χ0) is 21.4. The third kappa shape index (κ3) is 3.61. The highest BCUT2D eigenvalue weighted by Crippen LogP contribution is 2.40. The Labute approximate surface area is 190 Å². The summed E-state index contributed by atoms with van der Waals surface area (Å²) in [7, 11) is 0. The highest BCUT2D eigenvalue weighted by molar-refractivity contribution is 7.80. The van der Waals surface area contributed by atoms with E-state index in [4.69, 9.17) is 18.0 Å². The van der Waals surface area contributed by atoms with E-state index in [0.29, 0.717) is 11.7 Å². The molecule has 31 heavy (non-hydrogen) atoms. The molecule has 1 aliphatic heterocycles. The van der Waals surface area contributed by atoms with E-state index in [1.165, 1.54) is 20.5 Å². The number of amides is 1. The van der Waals surface area contributed by atoms with Gasteiger partial charge in [0, 0.05) is 15.0 Å². The smallest absolute Gasteiger partial charge is 0.255 e. The van der Waals surface area contributed by atoms with Crippen LogP contribution in [-0.4, -0.2) is 23.6 Å². The molecular weight excluding hydrogens is 422 g/mol. The number of thiocarbonyl (C=S) groups is 1. The molecule has 2 heterocycles. The first-order chi connectivity index (χ1) is 15.2. The molecule has 0 aliphatic carbocycles. The van der Waals surface area contributed by atoms with Crippen LogP contribution in [0.1, 0.15) is 19.3 Å². The summed E-state index contributed by atoms with van der Waals surface area (Å²) in [5, 5.41) is 7.07. The average Bonchev–Trinajstić information content (AvgIpc) is 3.34. The molecule has 1 atom stereocenters. The van der Waals surface area contributed by atoms with Crippen molar-refractivity contribution in [2.75, 3.05) is 11.4 Å². The van der Waals surface area contributed by atoms with Gasteiger partial charge in [-0.25, -0.2) is 0 Å². The number of carbonyl (C=O) groups is 1. The highest BCUT2D eigenvalue weighted by Gasteiger charge is 2.36. The van der Waals surface area contributed by atoms with E-state index in [1.807, 2.05) is 18.2 Å². The maximum atomic E-state index is 13.2. The van der Waals surface area contributed by atoms with Crippen LogP contribution in [0, 0.1) is 0 Å². The minimum absolute atomic E-state index is 0.0155. The SMILES string of the molecule is NCCCC[C@@H]1NC(=S)N(c2ccc(-c3cc4ccccc4s3)c3ccccc23)C1=O. The summed E-state index contributed by atoms with van der Waals surface area (Å²) in [6, 6.07) is 22.8. The van der Waals surface area contributed by atoms with Crippen molar-refractivity contribution >= 4 is 61.1 Å². The van der Waals surface area contributed by atoms with E-state index in [2.05, 4.69) is 53.8 Å². The van der Waals surface area contributed by atoms with Crippen molar-refractivity contribution < 1.29 is 4.79 Å². The van der Waals surface area contributed by atoms with E-state index in [-0.39, 0.29) is 11.9 Å². The fraction of sp³-hybridized carbons (Fsp3) is 0.200. The number of rotatable bonds is 6. The van der Waals surface area contributed by atoms with Crippen LogP contribution in [0.2, 0.25) is 0 Å². The molecule has 1 saturated heterocycles. The summed E-state index contributed by atoms with van der Waals surface area (Å²) < 4.78 is 1.27. The predicted octanol–water partition coefficient (Wildman–Crippen LogP) is 5.44. The lowest BCUT2D eigenvalue weighted by Crippen LogP contribution is -2.31. The molecule has 1 aliphatic rings. The third-order valence-electron chi connectivity index (χ3n) is 5.80. The Morgan fingerprint density at radius 3 is 2.58 bits per heavy atom.